The number of alkyl halides is 3. The Morgan fingerprint density at radius 1 is 1.23 bits per heavy atom. The number of rotatable bonds is 3. The quantitative estimate of drug-likeness (QED) is 0.640. The Bertz CT molecular complexity index is 775. The number of piperazine rings is 1. The summed E-state index contributed by atoms with van der Waals surface area (Å²) in [5, 5.41) is 2.73. The summed E-state index contributed by atoms with van der Waals surface area (Å²) in [5.41, 5.74) is 0.0685. The monoisotopic (exact) mass is 512 g/mol. The minimum Gasteiger partial charge on any atom is -0.405 e. The van der Waals surface area contributed by atoms with E-state index in [2.05, 4.69) is 49.8 Å². The molecule has 0 spiro atoms. The highest BCUT2D eigenvalue weighted by molar-refractivity contribution is 9.10. The number of hydrogen-bond donors (Lipinski definition) is 1. The number of carbonyl (C=O) groups excluding carboxylic acids is 1. The molecule has 6 nitrogen and oxygen atoms in total. The van der Waals surface area contributed by atoms with Crippen molar-refractivity contribution >= 4 is 39.2 Å². The van der Waals surface area contributed by atoms with E-state index in [4.69, 9.17) is 11.6 Å². The Labute approximate surface area is 187 Å². The molecule has 0 radical (unpaired) electrons. The number of likely N-dealkylation sites (N-methyl/N-ethyl adjacent to an activating group) is 1. The molecular weight excluding hydrogens is 489 g/mol. The third-order valence-electron chi connectivity index (χ3n) is 5.59. The summed E-state index contributed by atoms with van der Waals surface area (Å²) in [7, 11) is 2.12. The van der Waals surface area contributed by atoms with Gasteiger partial charge in [-0.3, -0.25) is 4.90 Å². The van der Waals surface area contributed by atoms with Gasteiger partial charge in [0, 0.05) is 50.9 Å². The van der Waals surface area contributed by atoms with Gasteiger partial charge in [0.2, 0.25) is 0 Å². The van der Waals surface area contributed by atoms with E-state index in [1.54, 1.807) is 4.90 Å². The van der Waals surface area contributed by atoms with E-state index in [0.29, 0.717) is 25.2 Å². The zero-order valence-electron chi connectivity index (χ0n) is 16.8. The molecule has 2 heterocycles. The maximum absolute atomic E-state index is 12.7. The number of nitrogens with one attached hydrogen (secondary N) is 1. The second-order valence-electron chi connectivity index (χ2n) is 7.81. The van der Waals surface area contributed by atoms with Crippen LogP contribution in [0.3, 0.4) is 0 Å². The molecule has 168 valence electrons. The maximum Gasteiger partial charge on any atom is 0.573 e. The minimum absolute atomic E-state index is 0.0462. The van der Waals surface area contributed by atoms with Crippen molar-refractivity contribution in [3.05, 3.63) is 21.6 Å². The fourth-order valence-electron chi connectivity index (χ4n) is 4.12. The van der Waals surface area contributed by atoms with Crippen LogP contribution in [-0.2, 0) is 0 Å². The lowest BCUT2D eigenvalue weighted by Crippen LogP contribution is -2.57. The van der Waals surface area contributed by atoms with E-state index in [1.165, 1.54) is 6.07 Å². The first-order valence-electron chi connectivity index (χ1n) is 9.78. The Kier molecular flexibility index (Phi) is 7.42. The van der Waals surface area contributed by atoms with Crippen molar-refractivity contribution in [1.29, 1.82) is 0 Å². The van der Waals surface area contributed by atoms with Crippen LogP contribution in [0.15, 0.2) is 16.6 Å². The topological polar surface area (TPSA) is 48.0 Å². The molecule has 1 atom stereocenters. The molecule has 2 amide bonds. The number of nitrogens with zero attached hydrogens (tertiary/aromatic N) is 3. The van der Waals surface area contributed by atoms with Gasteiger partial charge in [0.25, 0.3) is 0 Å². The van der Waals surface area contributed by atoms with Crippen LogP contribution in [0.1, 0.15) is 19.8 Å². The first-order chi connectivity index (χ1) is 14.0. The van der Waals surface area contributed by atoms with Crippen LogP contribution >= 0.6 is 27.5 Å². The normalized spacial score (nSPS) is 22.2. The molecule has 1 unspecified atom stereocenters. The van der Waals surface area contributed by atoms with Crippen molar-refractivity contribution in [2.45, 2.75) is 38.2 Å². The Morgan fingerprint density at radius 2 is 1.90 bits per heavy atom. The van der Waals surface area contributed by atoms with E-state index >= 15 is 0 Å². The van der Waals surface area contributed by atoms with Gasteiger partial charge in [-0.05, 0) is 48.8 Å². The highest BCUT2D eigenvalue weighted by Gasteiger charge is 2.33. The predicted octanol–water partition coefficient (Wildman–Crippen LogP) is 4.63. The van der Waals surface area contributed by atoms with Crippen LogP contribution in [0.2, 0.25) is 5.02 Å². The third kappa shape index (κ3) is 5.93. The Morgan fingerprint density at radius 3 is 2.50 bits per heavy atom. The van der Waals surface area contributed by atoms with E-state index in [-0.39, 0.29) is 21.2 Å². The fourth-order valence-corrected chi connectivity index (χ4v) is 4.89. The maximum atomic E-state index is 12.7. The van der Waals surface area contributed by atoms with Crippen LogP contribution in [0.25, 0.3) is 0 Å². The molecule has 30 heavy (non-hydrogen) atoms. The van der Waals surface area contributed by atoms with Gasteiger partial charge in [0.1, 0.15) is 5.75 Å². The van der Waals surface area contributed by atoms with Gasteiger partial charge in [0.15, 0.2) is 0 Å². The zero-order valence-corrected chi connectivity index (χ0v) is 19.1. The van der Waals surface area contributed by atoms with Crippen LogP contribution in [0.4, 0.5) is 23.7 Å². The molecule has 1 N–H and O–H groups in total. The lowest BCUT2D eigenvalue weighted by molar-refractivity contribution is -0.274. The number of anilines is 1. The largest absolute Gasteiger partial charge is 0.573 e. The van der Waals surface area contributed by atoms with Gasteiger partial charge in [-0.15, -0.1) is 13.2 Å². The molecule has 2 aliphatic heterocycles. The highest BCUT2D eigenvalue weighted by atomic mass is 79.9. The summed E-state index contributed by atoms with van der Waals surface area (Å²) >= 11 is 9.09. The van der Waals surface area contributed by atoms with Crippen LogP contribution < -0.4 is 10.1 Å². The average Bonchev–Trinajstić information content (AvgIpc) is 2.65. The van der Waals surface area contributed by atoms with E-state index in [0.717, 1.165) is 38.5 Å². The molecular formula is C19H25BrClF3N4O2. The molecule has 3 rings (SSSR count). The van der Waals surface area contributed by atoms with Crippen molar-refractivity contribution < 1.29 is 22.7 Å². The summed E-state index contributed by atoms with van der Waals surface area (Å²) in [4.78, 5) is 19.2. The molecule has 1 aromatic carbocycles. The van der Waals surface area contributed by atoms with E-state index in [9.17, 15) is 18.0 Å². The number of piperidine rings is 1. The average molecular weight is 514 g/mol. The molecule has 0 aromatic heterocycles. The van der Waals surface area contributed by atoms with Crippen molar-refractivity contribution in [2.75, 3.05) is 45.1 Å². The zero-order chi connectivity index (χ0) is 22.1. The first-order valence-corrected chi connectivity index (χ1v) is 11.0. The standard InChI is InChI=1S/C19H25BrClF3N4O2/c1-12-11-26(2)7-8-28(12)13-3-5-27(6-4-13)18(29)25-16-10-17(30-19(22,23)24)14(20)9-15(16)21/h9-10,12-13H,3-8,11H2,1-2H3,(H,25,29). The molecule has 0 bridgehead atoms. The summed E-state index contributed by atoms with van der Waals surface area (Å²) in [6.45, 7) is 6.47. The van der Waals surface area contributed by atoms with Gasteiger partial charge >= 0.3 is 12.4 Å². The van der Waals surface area contributed by atoms with Gasteiger partial charge < -0.3 is 19.9 Å². The summed E-state index contributed by atoms with van der Waals surface area (Å²) in [6.07, 6.45) is -3.13. The SMILES string of the molecule is CC1CN(C)CCN1C1CCN(C(=O)Nc2cc(OC(F)(F)F)c(Br)cc2Cl)CC1. The van der Waals surface area contributed by atoms with Crippen molar-refractivity contribution in [3.8, 4) is 5.75 Å². The lowest BCUT2D eigenvalue weighted by atomic mass is 10.00. The minimum atomic E-state index is -4.85. The van der Waals surface area contributed by atoms with Gasteiger partial charge in [0.05, 0.1) is 15.2 Å². The van der Waals surface area contributed by atoms with Crippen LogP contribution in [0.5, 0.6) is 5.75 Å². The molecule has 1 aromatic rings. The van der Waals surface area contributed by atoms with Gasteiger partial charge in [-0.1, -0.05) is 11.6 Å². The first kappa shape index (κ1) is 23.4. The summed E-state index contributed by atoms with van der Waals surface area (Å²) in [5.74, 6) is -0.468. The number of benzene rings is 1. The number of urea groups is 1. The van der Waals surface area contributed by atoms with Crippen LogP contribution in [-0.4, -0.2) is 78.9 Å². The predicted molar refractivity (Wildman–Crippen MR) is 113 cm³/mol. The Hall–Kier alpha value is -1.23. The van der Waals surface area contributed by atoms with Crippen molar-refractivity contribution in [3.63, 3.8) is 0 Å². The van der Waals surface area contributed by atoms with E-state index < -0.39 is 12.1 Å². The molecule has 0 aliphatic carbocycles. The highest BCUT2D eigenvalue weighted by Crippen LogP contribution is 2.37. The second kappa shape index (κ2) is 9.50. The number of halogens is 5. The van der Waals surface area contributed by atoms with E-state index in [1.807, 2.05) is 0 Å². The summed E-state index contributed by atoms with van der Waals surface area (Å²) in [6, 6.07) is 2.85. The summed E-state index contributed by atoms with van der Waals surface area (Å²) < 4.78 is 41.7. The smallest absolute Gasteiger partial charge is 0.405 e. The van der Waals surface area contributed by atoms with Crippen LogP contribution in [0, 0.1) is 0 Å². The van der Waals surface area contributed by atoms with Gasteiger partial charge in [-0.2, -0.15) is 0 Å². The molecule has 11 heteroatoms. The molecule has 2 aliphatic rings. The second-order valence-corrected chi connectivity index (χ2v) is 9.07. The molecule has 2 saturated heterocycles. The number of ether oxygens (including phenoxy) is 1. The Balaban J connectivity index is 1.59. The number of hydrogen-bond acceptors (Lipinski definition) is 4. The van der Waals surface area contributed by atoms with Crippen molar-refractivity contribution in [2.24, 2.45) is 0 Å². The fraction of sp³-hybridized carbons (Fsp3) is 0.632. The van der Waals surface area contributed by atoms with Crippen molar-refractivity contribution in [1.82, 2.24) is 14.7 Å². The molecule has 0 saturated carbocycles. The third-order valence-corrected chi connectivity index (χ3v) is 6.52. The number of carbonyl (C=O) groups is 1. The number of likely N-dealkylation sites (tertiary alicyclic amines) is 1. The number of amides is 2. The lowest BCUT2D eigenvalue weighted by Gasteiger charge is -2.45. The molecule has 2 fully saturated rings. The van der Waals surface area contributed by atoms with Gasteiger partial charge in [-0.25, -0.2) is 4.79 Å².